The molecule has 0 bridgehead atoms. The molecule has 2 fully saturated rings. The van der Waals surface area contributed by atoms with Crippen molar-refractivity contribution in [1.29, 1.82) is 5.26 Å². The number of ether oxygens (including phenoxy) is 3. The smallest absolute Gasteiger partial charge is 0.305 e. The summed E-state index contributed by atoms with van der Waals surface area (Å²) in [7, 11) is 1.37. The Labute approximate surface area is 131 Å². The van der Waals surface area contributed by atoms with Gasteiger partial charge in [0.25, 0.3) is 0 Å². The number of carbonyl (C=O) groups excluding carboxylic acids is 1. The third kappa shape index (κ3) is 3.78. The summed E-state index contributed by atoms with van der Waals surface area (Å²) in [5.74, 6) is -0.312. The van der Waals surface area contributed by atoms with E-state index in [0.717, 1.165) is 12.8 Å². The molecule has 0 amide bonds. The topological polar surface area (TPSA) is 88.8 Å². The molecule has 0 aliphatic carbocycles. The van der Waals surface area contributed by atoms with Crippen molar-refractivity contribution in [2.75, 3.05) is 13.7 Å². The lowest BCUT2D eigenvalue weighted by molar-refractivity contribution is -0.185. The minimum absolute atomic E-state index is 0.0130. The minimum atomic E-state index is -0.682. The van der Waals surface area contributed by atoms with Gasteiger partial charge in [-0.2, -0.15) is 5.26 Å². The maximum absolute atomic E-state index is 11.2. The summed E-state index contributed by atoms with van der Waals surface area (Å²) in [6.45, 7) is 1.79. The molecule has 0 aromatic rings. The van der Waals surface area contributed by atoms with Gasteiger partial charge in [0, 0.05) is 18.8 Å². The molecular formula is C16H25NO5. The maximum Gasteiger partial charge on any atom is 0.305 e. The van der Waals surface area contributed by atoms with Crippen LogP contribution >= 0.6 is 0 Å². The van der Waals surface area contributed by atoms with E-state index in [-0.39, 0.29) is 36.8 Å². The van der Waals surface area contributed by atoms with Crippen LogP contribution in [-0.4, -0.2) is 48.7 Å². The van der Waals surface area contributed by atoms with Crippen LogP contribution in [0, 0.1) is 17.2 Å². The molecule has 0 aromatic heterocycles. The first-order chi connectivity index (χ1) is 10.5. The second-order valence-corrected chi connectivity index (χ2v) is 6.37. The maximum atomic E-state index is 11.2. The van der Waals surface area contributed by atoms with Crippen molar-refractivity contribution < 1.29 is 24.1 Å². The highest BCUT2D eigenvalue weighted by atomic mass is 16.6. The fourth-order valence-electron chi connectivity index (χ4n) is 3.47. The van der Waals surface area contributed by atoms with Crippen molar-refractivity contribution in [2.24, 2.45) is 5.92 Å². The van der Waals surface area contributed by atoms with Gasteiger partial charge in [0.1, 0.15) is 5.60 Å². The number of rotatable bonds is 6. The van der Waals surface area contributed by atoms with Gasteiger partial charge >= 0.3 is 5.97 Å². The zero-order valence-corrected chi connectivity index (χ0v) is 13.3. The highest BCUT2D eigenvalue weighted by molar-refractivity contribution is 5.69. The van der Waals surface area contributed by atoms with Gasteiger partial charge in [-0.25, -0.2) is 0 Å². The summed E-state index contributed by atoms with van der Waals surface area (Å²) in [5.41, 5.74) is -0.682. The Kier molecular flexibility index (Phi) is 5.79. The molecule has 5 atom stereocenters. The third-order valence-corrected chi connectivity index (χ3v) is 4.67. The number of aliphatic hydroxyl groups excluding tert-OH is 1. The molecule has 2 rings (SSSR count). The lowest BCUT2D eigenvalue weighted by Crippen LogP contribution is -2.51. The van der Waals surface area contributed by atoms with E-state index in [1.807, 2.05) is 6.92 Å². The van der Waals surface area contributed by atoms with Crippen molar-refractivity contribution in [3.05, 3.63) is 0 Å². The van der Waals surface area contributed by atoms with Gasteiger partial charge in [-0.15, -0.1) is 0 Å². The molecule has 2 unspecified atom stereocenters. The van der Waals surface area contributed by atoms with Gasteiger partial charge in [0.15, 0.2) is 0 Å². The Balaban J connectivity index is 1.94. The van der Waals surface area contributed by atoms with Crippen molar-refractivity contribution >= 4 is 5.97 Å². The van der Waals surface area contributed by atoms with Gasteiger partial charge in [0.05, 0.1) is 38.1 Å². The molecule has 2 aliphatic heterocycles. The van der Waals surface area contributed by atoms with Gasteiger partial charge in [-0.1, -0.05) is 0 Å². The number of nitrogens with zero attached hydrogens (tertiary/aromatic N) is 1. The lowest BCUT2D eigenvalue weighted by atomic mass is 9.85. The Morgan fingerprint density at radius 2 is 2.27 bits per heavy atom. The Bertz CT molecular complexity index is 435. The van der Waals surface area contributed by atoms with Crippen LogP contribution in [0.5, 0.6) is 0 Å². The monoisotopic (exact) mass is 311 g/mol. The SMILES string of the molecule is COC(=O)CC[C@H]1CC2(CO)O[C@@H](C[C@@H](C)C#N)CCC2O1. The van der Waals surface area contributed by atoms with Crippen LogP contribution in [0.3, 0.4) is 0 Å². The molecule has 0 saturated carbocycles. The van der Waals surface area contributed by atoms with Crippen LogP contribution in [0.25, 0.3) is 0 Å². The molecule has 1 N–H and O–H groups in total. The van der Waals surface area contributed by atoms with Crippen LogP contribution in [0.1, 0.15) is 45.4 Å². The Morgan fingerprint density at radius 3 is 2.91 bits per heavy atom. The zero-order valence-electron chi connectivity index (χ0n) is 13.3. The second-order valence-electron chi connectivity index (χ2n) is 6.37. The van der Waals surface area contributed by atoms with E-state index in [1.165, 1.54) is 7.11 Å². The van der Waals surface area contributed by atoms with E-state index in [4.69, 9.17) is 14.7 Å². The number of hydrogen-bond donors (Lipinski definition) is 1. The van der Waals surface area contributed by atoms with Gasteiger partial charge < -0.3 is 19.3 Å². The first-order valence-electron chi connectivity index (χ1n) is 7.93. The minimum Gasteiger partial charge on any atom is -0.469 e. The molecule has 0 spiro atoms. The molecule has 0 radical (unpaired) electrons. The normalized spacial score (nSPS) is 35.5. The Morgan fingerprint density at radius 1 is 1.50 bits per heavy atom. The van der Waals surface area contributed by atoms with E-state index in [1.54, 1.807) is 0 Å². The predicted molar refractivity (Wildman–Crippen MR) is 77.8 cm³/mol. The predicted octanol–water partition coefficient (Wildman–Crippen LogP) is 1.56. The number of fused-ring (bicyclic) bond motifs is 1. The number of hydrogen-bond acceptors (Lipinski definition) is 6. The van der Waals surface area contributed by atoms with E-state index in [0.29, 0.717) is 25.7 Å². The standard InChI is InChI=1S/C16H25NO5/c1-11(9-17)7-12-3-5-14-16(10-18,22-12)8-13(21-14)4-6-15(19)20-2/h11-14,18H,3-8,10H2,1-2H3/t11-,12-,13+,14?,16?/m1/s1. The van der Waals surface area contributed by atoms with E-state index < -0.39 is 5.60 Å². The summed E-state index contributed by atoms with van der Waals surface area (Å²) in [4.78, 5) is 11.2. The van der Waals surface area contributed by atoms with Gasteiger partial charge in [-0.05, 0) is 32.6 Å². The number of methoxy groups -OCH3 is 1. The van der Waals surface area contributed by atoms with Crippen molar-refractivity contribution in [3.8, 4) is 6.07 Å². The number of aliphatic hydroxyl groups is 1. The number of esters is 1. The highest BCUT2D eigenvalue weighted by Gasteiger charge is 2.52. The van der Waals surface area contributed by atoms with Crippen molar-refractivity contribution in [1.82, 2.24) is 0 Å². The molecule has 2 aliphatic rings. The molecule has 2 heterocycles. The van der Waals surface area contributed by atoms with Gasteiger partial charge in [-0.3, -0.25) is 4.79 Å². The molecule has 0 aromatic carbocycles. The molecule has 124 valence electrons. The zero-order chi connectivity index (χ0) is 16.2. The van der Waals surface area contributed by atoms with Crippen LogP contribution < -0.4 is 0 Å². The fraction of sp³-hybridized carbons (Fsp3) is 0.875. The largest absolute Gasteiger partial charge is 0.469 e. The summed E-state index contributed by atoms with van der Waals surface area (Å²) in [6.07, 6.45) is 3.57. The quantitative estimate of drug-likeness (QED) is 0.749. The highest BCUT2D eigenvalue weighted by Crippen LogP contribution is 2.43. The van der Waals surface area contributed by atoms with Crippen molar-refractivity contribution in [2.45, 2.75) is 69.4 Å². The lowest BCUT2D eigenvalue weighted by Gasteiger charge is -2.41. The first-order valence-corrected chi connectivity index (χ1v) is 7.93. The first kappa shape index (κ1) is 17.2. The van der Waals surface area contributed by atoms with Crippen molar-refractivity contribution in [3.63, 3.8) is 0 Å². The molecule has 6 heteroatoms. The van der Waals surface area contributed by atoms with Crippen LogP contribution in [0.2, 0.25) is 0 Å². The summed E-state index contributed by atoms with van der Waals surface area (Å²) in [5, 5.41) is 18.8. The fourth-order valence-corrected chi connectivity index (χ4v) is 3.47. The average molecular weight is 311 g/mol. The average Bonchev–Trinajstić information content (AvgIpc) is 2.90. The van der Waals surface area contributed by atoms with E-state index in [2.05, 4.69) is 10.8 Å². The second kappa shape index (κ2) is 7.40. The summed E-state index contributed by atoms with van der Waals surface area (Å²) in [6, 6.07) is 2.23. The molecular weight excluding hydrogens is 286 g/mol. The van der Waals surface area contributed by atoms with Gasteiger partial charge in [0.2, 0.25) is 0 Å². The molecule has 22 heavy (non-hydrogen) atoms. The summed E-state index contributed by atoms with van der Waals surface area (Å²) < 4.78 is 16.8. The number of carbonyl (C=O) groups is 1. The van der Waals surface area contributed by atoms with Crippen LogP contribution in [0.4, 0.5) is 0 Å². The molecule has 6 nitrogen and oxygen atoms in total. The van der Waals surface area contributed by atoms with E-state index >= 15 is 0 Å². The van der Waals surface area contributed by atoms with Crippen LogP contribution in [0.15, 0.2) is 0 Å². The number of nitriles is 1. The molecule has 2 saturated heterocycles. The van der Waals surface area contributed by atoms with Crippen LogP contribution in [-0.2, 0) is 19.0 Å². The van der Waals surface area contributed by atoms with E-state index in [9.17, 15) is 9.90 Å². The summed E-state index contributed by atoms with van der Waals surface area (Å²) >= 11 is 0. The Hall–Kier alpha value is -1.16. The third-order valence-electron chi connectivity index (χ3n) is 4.67.